The quantitative estimate of drug-likeness (QED) is 0.576. The number of hydrogen-bond acceptors (Lipinski definition) is 7. The smallest absolute Gasteiger partial charge is 0.268 e. The molecule has 0 unspecified atom stereocenters. The first-order valence-corrected chi connectivity index (χ1v) is 12.3. The van der Waals surface area contributed by atoms with E-state index in [-0.39, 0.29) is 5.56 Å². The molecule has 1 aliphatic carbocycles. The van der Waals surface area contributed by atoms with Crippen LogP contribution in [0.1, 0.15) is 29.7 Å². The Morgan fingerprint density at radius 3 is 2.69 bits per heavy atom. The van der Waals surface area contributed by atoms with Crippen molar-refractivity contribution in [2.24, 2.45) is 0 Å². The van der Waals surface area contributed by atoms with Crippen molar-refractivity contribution in [3.63, 3.8) is 0 Å². The van der Waals surface area contributed by atoms with Gasteiger partial charge < -0.3 is 14.8 Å². The number of hydrogen-bond donors (Lipinski definition) is 1. The van der Waals surface area contributed by atoms with Crippen LogP contribution in [0.25, 0.3) is 15.9 Å². The number of methoxy groups -OCH3 is 1. The number of aryl methyl sites for hydroxylation is 2. The monoisotopic (exact) mass is 454 g/mol. The van der Waals surface area contributed by atoms with E-state index in [1.807, 2.05) is 24.3 Å². The lowest BCUT2D eigenvalue weighted by Gasteiger charge is -2.26. The highest BCUT2D eigenvalue weighted by atomic mass is 32.1. The highest BCUT2D eigenvalue weighted by molar-refractivity contribution is 7.18. The van der Waals surface area contributed by atoms with Crippen LogP contribution in [0.15, 0.2) is 29.1 Å². The van der Waals surface area contributed by atoms with Crippen molar-refractivity contribution in [2.45, 2.75) is 32.1 Å². The molecule has 170 valence electrons. The van der Waals surface area contributed by atoms with Crippen LogP contribution in [-0.4, -0.2) is 61.0 Å². The van der Waals surface area contributed by atoms with E-state index in [1.54, 1.807) is 23.0 Å². The molecule has 0 saturated carbocycles. The van der Waals surface area contributed by atoms with Crippen molar-refractivity contribution in [1.29, 1.82) is 0 Å². The van der Waals surface area contributed by atoms with E-state index < -0.39 is 0 Å². The first kappa shape index (κ1) is 21.4. The molecule has 3 aromatic rings. The van der Waals surface area contributed by atoms with Gasteiger partial charge in [0.2, 0.25) is 5.95 Å². The third-order valence-electron chi connectivity index (χ3n) is 6.38. The first-order chi connectivity index (χ1) is 15.7. The zero-order valence-electron chi connectivity index (χ0n) is 18.6. The zero-order chi connectivity index (χ0) is 21.9. The third kappa shape index (κ3) is 4.27. The van der Waals surface area contributed by atoms with Gasteiger partial charge in [-0.05, 0) is 55.5 Å². The molecule has 0 radical (unpaired) electrons. The van der Waals surface area contributed by atoms with Crippen molar-refractivity contribution < 1.29 is 9.47 Å². The molecular formula is C24H30N4O3S. The maximum absolute atomic E-state index is 13.8. The van der Waals surface area contributed by atoms with E-state index in [0.717, 1.165) is 80.3 Å². The molecule has 7 nitrogen and oxygen atoms in total. The van der Waals surface area contributed by atoms with Gasteiger partial charge in [0.25, 0.3) is 5.56 Å². The molecule has 1 aliphatic heterocycles. The Hall–Kier alpha value is -2.42. The summed E-state index contributed by atoms with van der Waals surface area (Å²) in [5.41, 5.74) is 2.04. The summed E-state index contributed by atoms with van der Waals surface area (Å²) >= 11 is 1.70. The van der Waals surface area contributed by atoms with Crippen molar-refractivity contribution in [3.8, 4) is 11.4 Å². The summed E-state index contributed by atoms with van der Waals surface area (Å²) < 4.78 is 12.5. The Labute approximate surface area is 192 Å². The Morgan fingerprint density at radius 1 is 1.12 bits per heavy atom. The molecule has 0 atom stereocenters. The fourth-order valence-corrected chi connectivity index (χ4v) is 5.87. The van der Waals surface area contributed by atoms with E-state index in [1.165, 1.54) is 23.3 Å². The molecule has 2 aromatic heterocycles. The molecular weight excluding hydrogens is 424 g/mol. The minimum Gasteiger partial charge on any atom is -0.497 e. The van der Waals surface area contributed by atoms with Gasteiger partial charge in [0, 0.05) is 31.1 Å². The maximum Gasteiger partial charge on any atom is 0.268 e. The molecule has 5 rings (SSSR count). The lowest BCUT2D eigenvalue weighted by atomic mass is 10.1. The summed E-state index contributed by atoms with van der Waals surface area (Å²) in [6, 6.07) is 7.62. The molecule has 1 fully saturated rings. The van der Waals surface area contributed by atoms with Gasteiger partial charge in [0.1, 0.15) is 10.6 Å². The van der Waals surface area contributed by atoms with Crippen LogP contribution in [0.5, 0.6) is 5.75 Å². The number of anilines is 1. The lowest BCUT2D eigenvalue weighted by molar-refractivity contribution is 0.0398. The summed E-state index contributed by atoms with van der Waals surface area (Å²) in [5, 5.41) is 4.27. The number of thiophene rings is 1. The van der Waals surface area contributed by atoms with Gasteiger partial charge in [-0.2, -0.15) is 0 Å². The second-order valence-corrected chi connectivity index (χ2v) is 9.48. The third-order valence-corrected chi connectivity index (χ3v) is 7.57. The van der Waals surface area contributed by atoms with Crippen molar-refractivity contribution in [3.05, 3.63) is 45.1 Å². The number of ether oxygens (including phenoxy) is 2. The lowest BCUT2D eigenvalue weighted by Crippen LogP contribution is -2.39. The Kier molecular flexibility index (Phi) is 6.43. The highest BCUT2D eigenvalue weighted by Crippen LogP contribution is 2.34. The average Bonchev–Trinajstić information content (AvgIpc) is 3.01. The minimum absolute atomic E-state index is 0.0217. The predicted octanol–water partition coefficient (Wildman–Crippen LogP) is 3.47. The fraction of sp³-hybridized carbons (Fsp3) is 0.500. The summed E-state index contributed by atoms with van der Waals surface area (Å²) in [7, 11) is 1.65. The molecule has 8 heteroatoms. The maximum atomic E-state index is 13.8. The Balaban J connectivity index is 1.54. The van der Waals surface area contributed by atoms with Crippen LogP contribution in [0.2, 0.25) is 0 Å². The SMILES string of the molecule is COc1ccc(-n2c(NCCN3CCOCC3)nc3sc4c(c3c2=O)CCCCC4)cc1. The summed E-state index contributed by atoms with van der Waals surface area (Å²) in [6.45, 7) is 5.05. The highest BCUT2D eigenvalue weighted by Gasteiger charge is 2.22. The summed E-state index contributed by atoms with van der Waals surface area (Å²) in [4.78, 5) is 23.4. The number of fused-ring (bicyclic) bond motifs is 3. The van der Waals surface area contributed by atoms with E-state index >= 15 is 0 Å². The van der Waals surface area contributed by atoms with Crippen LogP contribution in [0, 0.1) is 0 Å². The van der Waals surface area contributed by atoms with E-state index in [4.69, 9.17) is 14.5 Å². The topological polar surface area (TPSA) is 68.6 Å². The van der Waals surface area contributed by atoms with Crippen molar-refractivity contribution in [2.75, 3.05) is 51.8 Å². The second-order valence-electron chi connectivity index (χ2n) is 8.40. The first-order valence-electron chi connectivity index (χ1n) is 11.5. The molecule has 1 aromatic carbocycles. The number of nitrogens with one attached hydrogen (secondary N) is 1. The molecule has 0 bridgehead atoms. The average molecular weight is 455 g/mol. The molecule has 2 aliphatic rings. The molecule has 32 heavy (non-hydrogen) atoms. The van der Waals surface area contributed by atoms with Crippen molar-refractivity contribution in [1.82, 2.24) is 14.5 Å². The number of aromatic nitrogens is 2. The fourth-order valence-electron chi connectivity index (χ4n) is 4.62. The molecule has 0 spiro atoms. The minimum atomic E-state index is 0.0217. The molecule has 3 heterocycles. The van der Waals surface area contributed by atoms with E-state index in [2.05, 4.69) is 10.2 Å². The standard InChI is InChI=1S/C24H30N4O3S/c1-30-18-9-7-17(8-10-18)28-23(29)21-19-5-3-2-4-6-20(19)32-22(21)26-24(28)25-11-12-27-13-15-31-16-14-27/h7-10H,2-6,11-16H2,1H3,(H,25,26). The second kappa shape index (κ2) is 9.60. The Morgan fingerprint density at radius 2 is 1.91 bits per heavy atom. The molecule has 1 saturated heterocycles. The van der Waals surface area contributed by atoms with Gasteiger partial charge in [-0.25, -0.2) is 9.55 Å². The van der Waals surface area contributed by atoms with Gasteiger partial charge in [-0.1, -0.05) is 6.42 Å². The van der Waals surface area contributed by atoms with Gasteiger partial charge in [-0.3, -0.25) is 9.69 Å². The molecule has 1 N–H and O–H groups in total. The number of morpholine rings is 1. The van der Waals surface area contributed by atoms with Crippen LogP contribution >= 0.6 is 11.3 Å². The Bertz CT molecular complexity index is 1130. The van der Waals surface area contributed by atoms with Gasteiger partial charge >= 0.3 is 0 Å². The van der Waals surface area contributed by atoms with Crippen LogP contribution in [0.4, 0.5) is 5.95 Å². The summed E-state index contributed by atoms with van der Waals surface area (Å²) in [5.74, 6) is 1.37. The summed E-state index contributed by atoms with van der Waals surface area (Å²) in [6.07, 6.45) is 5.58. The van der Waals surface area contributed by atoms with Crippen LogP contribution in [0.3, 0.4) is 0 Å². The number of rotatable bonds is 6. The van der Waals surface area contributed by atoms with E-state index in [0.29, 0.717) is 5.95 Å². The zero-order valence-corrected chi connectivity index (χ0v) is 19.4. The van der Waals surface area contributed by atoms with Crippen LogP contribution < -0.4 is 15.6 Å². The number of benzene rings is 1. The largest absolute Gasteiger partial charge is 0.497 e. The van der Waals surface area contributed by atoms with Gasteiger partial charge in [0.05, 0.1) is 31.4 Å². The van der Waals surface area contributed by atoms with Gasteiger partial charge in [0.15, 0.2) is 0 Å². The number of nitrogens with zero attached hydrogens (tertiary/aromatic N) is 3. The molecule has 0 amide bonds. The van der Waals surface area contributed by atoms with Crippen molar-refractivity contribution >= 4 is 27.5 Å². The normalized spacial score (nSPS) is 17.2. The van der Waals surface area contributed by atoms with Crippen LogP contribution in [-0.2, 0) is 17.6 Å². The van der Waals surface area contributed by atoms with E-state index in [9.17, 15) is 4.79 Å². The predicted molar refractivity (Wildman–Crippen MR) is 129 cm³/mol. The van der Waals surface area contributed by atoms with Gasteiger partial charge in [-0.15, -0.1) is 11.3 Å².